The molecule has 1 spiro atoms. The standard InChI is InChI=1S/C9H18N2/c1-8-3-4-9(11(8)2)5-6-10-7-9/h8,10H,3-7H2,1-2H3. The van der Waals surface area contributed by atoms with Crippen LogP contribution in [0.3, 0.4) is 0 Å². The molecule has 0 aromatic rings. The molecule has 0 bridgehead atoms. The molecule has 64 valence electrons. The molecule has 2 unspecified atom stereocenters. The quantitative estimate of drug-likeness (QED) is 0.556. The summed E-state index contributed by atoms with van der Waals surface area (Å²) in [5.74, 6) is 0. The minimum Gasteiger partial charge on any atom is -0.315 e. The molecule has 0 aliphatic carbocycles. The van der Waals surface area contributed by atoms with E-state index in [0.717, 1.165) is 6.04 Å². The maximum Gasteiger partial charge on any atom is 0.0346 e. The highest BCUT2D eigenvalue weighted by molar-refractivity contribution is 5.02. The lowest BCUT2D eigenvalue weighted by atomic mass is 9.96. The lowest BCUT2D eigenvalue weighted by Crippen LogP contribution is -2.45. The van der Waals surface area contributed by atoms with Crippen molar-refractivity contribution in [3.05, 3.63) is 0 Å². The van der Waals surface area contributed by atoms with Crippen molar-refractivity contribution < 1.29 is 0 Å². The van der Waals surface area contributed by atoms with E-state index in [0.29, 0.717) is 5.54 Å². The molecule has 11 heavy (non-hydrogen) atoms. The van der Waals surface area contributed by atoms with Crippen LogP contribution in [-0.2, 0) is 0 Å². The summed E-state index contributed by atoms with van der Waals surface area (Å²) in [4.78, 5) is 2.58. The van der Waals surface area contributed by atoms with E-state index in [-0.39, 0.29) is 0 Å². The van der Waals surface area contributed by atoms with Gasteiger partial charge in [0, 0.05) is 18.1 Å². The summed E-state index contributed by atoms with van der Waals surface area (Å²) in [7, 11) is 2.28. The fourth-order valence-corrected chi connectivity index (χ4v) is 2.56. The van der Waals surface area contributed by atoms with Crippen LogP contribution < -0.4 is 5.32 Å². The van der Waals surface area contributed by atoms with Crippen molar-refractivity contribution in [3.63, 3.8) is 0 Å². The van der Waals surface area contributed by atoms with Gasteiger partial charge >= 0.3 is 0 Å². The van der Waals surface area contributed by atoms with Crippen LogP contribution in [0.1, 0.15) is 26.2 Å². The monoisotopic (exact) mass is 154 g/mol. The van der Waals surface area contributed by atoms with Gasteiger partial charge in [0.05, 0.1) is 0 Å². The SMILES string of the molecule is CC1CCC2(CCNC2)N1C. The third-order valence-corrected chi connectivity index (χ3v) is 3.66. The van der Waals surface area contributed by atoms with E-state index in [9.17, 15) is 0 Å². The van der Waals surface area contributed by atoms with Gasteiger partial charge in [0.25, 0.3) is 0 Å². The van der Waals surface area contributed by atoms with E-state index < -0.39 is 0 Å². The third kappa shape index (κ3) is 1.00. The van der Waals surface area contributed by atoms with Crippen molar-refractivity contribution in [2.45, 2.75) is 37.8 Å². The Bertz CT molecular complexity index is 150. The van der Waals surface area contributed by atoms with Crippen LogP contribution in [-0.4, -0.2) is 36.6 Å². The second kappa shape index (κ2) is 2.46. The highest BCUT2D eigenvalue weighted by Gasteiger charge is 2.43. The van der Waals surface area contributed by atoms with Crippen LogP contribution in [0.15, 0.2) is 0 Å². The first-order chi connectivity index (χ1) is 5.25. The zero-order chi connectivity index (χ0) is 7.90. The maximum absolute atomic E-state index is 3.46. The predicted octanol–water partition coefficient (Wildman–Crippen LogP) is 0.833. The summed E-state index contributed by atoms with van der Waals surface area (Å²) in [5.41, 5.74) is 0.541. The predicted molar refractivity (Wildman–Crippen MR) is 46.7 cm³/mol. The van der Waals surface area contributed by atoms with Crippen molar-refractivity contribution in [3.8, 4) is 0 Å². The molecule has 0 aromatic carbocycles. The Balaban J connectivity index is 2.13. The molecule has 1 N–H and O–H groups in total. The first-order valence-electron chi connectivity index (χ1n) is 4.68. The summed E-state index contributed by atoms with van der Waals surface area (Å²) in [6.45, 7) is 4.78. The van der Waals surface area contributed by atoms with Crippen LogP contribution in [0.5, 0.6) is 0 Å². The fourth-order valence-electron chi connectivity index (χ4n) is 2.56. The zero-order valence-electron chi connectivity index (χ0n) is 7.56. The molecule has 2 saturated heterocycles. The topological polar surface area (TPSA) is 15.3 Å². The van der Waals surface area contributed by atoms with Gasteiger partial charge in [-0.05, 0) is 39.8 Å². The Hall–Kier alpha value is -0.0800. The van der Waals surface area contributed by atoms with Crippen molar-refractivity contribution in [2.75, 3.05) is 20.1 Å². The number of hydrogen-bond acceptors (Lipinski definition) is 2. The number of likely N-dealkylation sites (N-methyl/N-ethyl adjacent to an activating group) is 1. The molecule has 2 fully saturated rings. The molecule has 2 nitrogen and oxygen atoms in total. The van der Waals surface area contributed by atoms with Crippen molar-refractivity contribution >= 4 is 0 Å². The molecule has 2 aliphatic heterocycles. The fraction of sp³-hybridized carbons (Fsp3) is 1.00. The highest BCUT2D eigenvalue weighted by atomic mass is 15.3. The van der Waals surface area contributed by atoms with Crippen LogP contribution in [0.4, 0.5) is 0 Å². The second-order valence-corrected chi connectivity index (χ2v) is 4.15. The molecule has 2 heterocycles. The van der Waals surface area contributed by atoms with Gasteiger partial charge in [0.1, 0.15) is 0 Å². The van der Waals surface area contributed by atoms with Gasteiger partial charge in [-0.3, -0.25) is 4.90 Å². The van der Waals surface area contributed by atoms with Gasteiger partial charge in [-0.25, -0.2) is 0 Å². The Labute approximate surface area is 69.0 Å². The highest BCUT2D eigenvalue weighted by Crippen LogP contribution is 2.36. The molecule has 2 heteroatoms. The molecule has 2 atom stereocenters. The number of rotatable bonds is 0. The first-order valence-corrected chi connectivity index (χ1v) is 4.68. The molecular formula is C9H18N2. The van der Waals surface area contributed by atoms with Gasteiger partial charge < -0.3 is 5.32 Å². The van der Waals surface area contributed by atoms with Crippen molar-refractivity contribution in [1.82, 2.24) is 10.2 Å². The van der Waals surface area contributed by atoms with Gasteiger partial charge in [0.2, 0.25) is 0 Å². The van der Waals surface area contributed by atoms with Gasteiger partial charge in [-0.1, -0.05) is 0 Å². The van der Waals surface area contributed by atoms with Gasteiger partial charge in [0.15, 0.2) is 0 Å². The van der Waals surface area contributed by atoms with Gasteiger partial charge in [-0.2, -0.15) is 0 Å². The van der Waals surface area contributed by atoms with E-state index >= 15 is 0 Å². The lowest BCUT2D eigenvalue weighted by molar-refractivity contribution is 0.159. The Kier molecular flexibility index (Phi) is 1.69. The summed E-state index contributed by atoms with van der Waals surface area (Å²) in [5, 5.41) is 3.46. The normalized spacial score (nSPS) is 45.8. The number of nitrogens with zero attached hydrogens (tertiary/aromatic N) is 1. The Morgan fingerprint density at radius 2 is 2.27 bits per heavy atom. The van der Waals surface area contributed by atoms with Crippen LogP contribution in [0, 0.1) is 0 Å². The van der Waals surface area contributed by atoms with E-state index in [2.05, 4.69) is 24.2 Å². The lowest BCUT2D eigenvalue weighted by Gasteiger charge is -2.33. The summed E-state index contributed by atoms with van der Waals surface area (Å²) < 4.78 is 0. The zero-order valence-corrected chi connectivity index (χ0v) is 7.56. The number of hydrogen-bond donors (Lipinski definition) is 1. The average Bonchev–Trinajstić information content (AvgIpc) is 2.56. The summed E-state index contributed by atoms with van der Waals surface area (Å²) in [6, 6.07) is 0.801. The van der Waals surface area contributed by atoms with Gasteiger partial charge in [-0.15, -0.1) is 0 Å². The largest absolute Gasteiger partial charge is 0.315 e. The summed E-state index contributed by atoms with van der Waals surface area (Å²) in [6.07, 6.45) is 4.14. The average molecular weight is 154 g/mol. The molecule has 2 aliphatic rings. The van der Waals surface area contributed by atoms with E-state index in [1.54, 1.807) is 0 Å². The maximum atomic E-state index is 3.46. The van der Waals surface area contributed by atoms with Crippen molar-refractivity contribution in [2.24, 2.45) is 0 Å². The van der Waals surface area contributed by atoms with E-state index in [1.165, 1.54) is 32.4 Å². The van der Waals surface area contributed by atoms with Crippen molar-refractivity contribution in [1.29, 1.82) is 0 Å². The Morgan fingerprint density at radius 3 is 2.73 bits per heavy atom. The third-order valence-electron chi connectivity index (χ3n) is 3.66. The first kappa shape index (κ1) is 7.56. The number of nitrogens with one attached hydrogen (secondary N) is 1. The van der Waals surface area contributed by atoms with E-state index in [1.807, 2.05) is 0 Å². The van der Waals surface area contributed by atoms with Crippen LogP contribution >= 0.6 is 0 Å². The summed E-state index contributed by atoms with van der Waals surface area (Å²) >= 11 is 0. The smallest absolute Gasteiger partial charge is 0.0346 e. The van der Waals surface area contributed by atoms with E-state index in [4.69, 9.17) is 0 Å². The number of likely N-dealkylation sites (tertiary alicyclic amines) is 1. The molecule has 2 rings (SSSR count). The molecule has 0 amide bonds. The minimum absolute atomic E-state index is 0.541. The van der Waals surface area contributed by atoms with Crippen LogP contribution in [0.2, 0.25) is 0 Å². The molecule has 0 radical (unpaired) electrons. The molecular weight excluding hydrogens is 136 g/mol. The van der Waals surface area contributed by atoms with Crippen LogP contribution in [0.25, 0.3) is 0 Å². The molecule has 0 saturated carbocycles. The minimum atomic E-state index is 0.541. The Morgan fingerprint density at radius 1 is 1.45 bits per heavy atom. The molecule has 0 aromatic heterocycles. The second-order valence-electron chi connectivity index (χ2n) is 4.15.